The second kappa shape index (κ2) is 31.0. The third-order valence-electron chi connectivity index (χ3n) is 17.6. The van der Waals surface area contributed by atoms with Gasteiger partial charge in [-0.2, -0.15) is 0 Å². The molecule has 3 saturated heterocycles. The predicted octanol–water partition coefficient (Wildman–Crippen LogP) is 20.3. The summed E-state index contributed by atoms with van der Waals surface area (Å²) >= 11 is 36.5. The summed E-state index contributed by atoms with van der Waals surface area (Å²) in [6.45, 7) is 11.7. The number of anilines is 3. The minimum atomic E-state index is -0.629. The highest BCUT2D eigenvalue weighted by Crippen LogP contribution is 2.44. The molecule has 0 amide bonds. The van der Waals surface area contributed by atoms with Crippen LogP contribution in [0.2, 0.25) is 30.1 Å². The van der Waals surface area contributed by atoms with Gasteiger partial charge in [0.15, 0.2) is 0 Å². The third kappa shape index (κ3) is 17.0. The Morgan fingerprint density at radius 1 is 0.376 bits per heavy atom. The van der Waals surface area contributed by atoms with Gasteiger partial charge in [-0.15, -0.1) is 0 Å². The lowest BCUT2D eigenvalue weighted by Gasteiger charge is -2.60. The van der Waals surface area contributed by atoms with Crippen molar-refractivity contribution in [2.45, 2.75) is 57.0 Å². The van der Waals surface area contributed by atoms with Gasteiger partial charge in [0.2, 0.25) is 0 Å². The highest BCUT2D eigenvalue weighted by Gasteiger charge is 2.50. The number of likely N-dealkylation sites (N-methyl/N-ethyl adjacent to an activating group) is 4. The zero-order chi connectivity index (χ0) is 65.6. The fourth-order valence-electron chi connectivity index (χ4n) is 13.5. The van der Waals surface area contributed by atoms with Crippen molar-refractivity contribution in [3.05, 3.63) is 311 Å². The zero-order valence-corrected chi connectivity index (χ0v) is 56.5. The summed E-state index contributed by atoms with van der Waals surface area (Å²) in [5, 5.41) is 17.9. The summed E-state index contributed by atoms with van der Waals surface area (Å²) in [4.78, 5) is 8.40. The van der Waals surface area contributed by atoms with Crippen LogP contribution in [0, 0.1) is 47.5 Å². The van der Waals surface area contributed by atoms with Crippen LogP contribution in [0.4, 0.5) is 43.4 Å². The topological polar surface area (TPSA) is 36.0 Å². The molecule has 0 atom stereocenters. The van der Waals surface area contributed by atoms with Crippen LogP contribution in [0.15, 0.2) is 200 Å². The molecular formula is C74H72Cl6F6N6O. The van der Waals surface area contributed by atoms with Gasteiger partial charge in [-0.3, -0.25) is 4.90 Å². The number of hydrogen-bond donors (Lipinski definition) is 0. The lowest BCUT2D eigenvalue weighted by atomic mass is 9.89. The molecule has 3 heterocycles. The van der Waals surface area contributed by atoms with Gasteiger partial charge in [0, 0.05) is 120 Å². The van der Waals surface area contributed by atoms with Gasteiger partial charge < -0.3 is 36.5 Å². The molecule has 9 aromatic carbocycles. The number of rotatable bonds is 18. The van der Waals surface area contributed by atoms with E-state index < -0.39 is 45.6 Å². The molecule has 19 heteroatoms. The van der Waals surface area contributed by atoms with Crippen molar-refractivity contribution in [3.8, 4) is 0 Å². The SMILES string of the molecule is CCN(c1cc(F)cc(F)c1)C1CN(C(c2ccc(Cl)cc2)c2ccc(Cl)cc2)C1.CCN(c1cc(F)cc(F)c1)C1C[N+](C)(C(c2ccc(Cl)cc2)c2ccc(Cl)cc2)C1.CCN(c1cc(F)cc(F)c1)C1C[N+]([O-])(C(c2ccc(Cl)cc2)c2ccc(Cl)cc2)C1.[CH3-]. The van der Waals surface area contributed by atoms with Gasteiger partial charge in [-0.25, -0.2) is 26.3 Å². The Morgan fingerprint density at radius 3 is 0.882 bits per heavy atom. The monoisotopic (exact) mass is 1380 g/mol. The largest absolute Gasteiger partial charge is 0.632 e. The first kappa shape index (κ1) is 70.8. The van der Waals surface area contributed by atoms with E-state index in [2.05, 4.69) is 46.0 Å². The minimum Gasteiger partial charge on any atom is -0.632 e. The maximum Gasteiger partial charge on any atom is 0.140 e. The summed E-state index contributed by atoms with van der Waals surface area (Å²) in [5.41, 5.74) is 7.96. The maximum atomic E-state index is 13.9. The average Bonchev–Trinajstić information content (AvgIpc) is 0.757. The first-order valence-corrected chi connectivity index (χ1v) is 32.7. The fourth-order valence-corrected chi connectivity index (χ4v) is 14.2. The standard InChI is InChI=1S/C25H25Cl2F2N2.C24H22Cl2F2N2O.C24H22Cl2F2N2.CH3/c1-3-30(23-13-21(28)12-22(29)14-23)24-15-31(2,16-24)25(17-4-8-19(26)9-5-17)18-6-10-20(27)11-7-18;1-2-29(22-12-20(27)11-21(28)13-22)23-14-30(31,15-23)24(16-3-7-18(25)8-4-16)17-5-9-19(26)10-6-17;1-2-30(22-12-20(27)11-21(28)13-22)23-14-29(15-23)24(16-3-7-18(25)8-4-16)17-5-9-19(26)10-6-17;/h4-14,24-25H,3,15-16H2,1-2H3;3-13,23-24H,2,14-15H2,1H3;3-13,23-24H,2,14-15H2,1H3;1H3/q+1;;;-1. The highest BCUT2D eigenvalue weighted by molar-refractivity contribution is 6.32. The lowest BCUT2D eigenvalue weighted by molar-refractivity contribution is -0.970. The molecule has 0 aliphatic carbocycles. The molecule has 0 unspecified atom stereocenters. The van der Waals surface area contributed by atoms with Gasteiger partial charge in [0.05, 0.1) is 19.1 Å². The van der Waals surface area contributed by atoms with Crippen LogP contribution < -0.4 is 14.7 Å². The molecule has 12 rings (SSSR count). The fraction of sp³-hybridized carbons (Fsp3) is 0.257. The van der Waals surface area contributed by atoms with Gasteiger partial charge in [0.1, 0.15) is 85.2 Å². The molecule has 0 bridgehead atoms. The summed E-state index contributed by atoms with van der Waals surface area (Å²) < 4.78 is 82.9. The number of likely N-dealkylation sites (tertiary alicyclic amines) is 3. The smallest absolute Gasteiger partial charge is 0.140 e. The van der Waals surface area contributed by atoms with Gasteiger partial charge in [-0.1, -0.05) is 142 Å². The van der Waals surface area contributed by atoms with Crippen molar-refractivity contribution < 1.29 is 35.5 Å². The third-order valence-corrected chi connectivity index (χ3v) is 19.2. The first-order chi connectivity index (χ1) is 44.0. The van der Waals surface area contributed by atoms with E-state index in [4.69, 9.17) is 69.6 Å². The van der Waals surface area contributed by atoms with Crippen molar-refractivity contribution >= 4 is 86.7 Å². The summed E-state index contributed by atoms with van der Waals surface area (Å²) in [6, 6.07) is 57.1. The molecule has 0 radical (unpaired) electrons. The maximum absolute atomic E-state index is 13.9. The van der Waals surface area contributed by atoms with E-state index in [1.807, 2.05) is 123 Å². The van der Waals surface area contributed by atoms with Crippen LogP contribution in [0.25, 0.3) is 0 Å². The number of halogens is 12. The van der Waals surface area contributed by atoms with Crippen LogP contribution in [-0.2, 0) is 0 Å². The van der Waals surface area contributed by atoms with Crippen molar-refractivity contribution in [3.63, 3.8) is 0 Å². The van der Waals surface area contributed by atoms with Crippen molar-refractivity contribution in [2.24, 2.45) is 0 Å². The van der Waals surface area contributed by atoms with Gasteiger partial charge in [-0.05, 0) is 141 Å². The van der Waals surface area contributed by atoms with Gasteiger partial charge in [0.25, 0.3) is 0 Å². The molecule has 3 aliphatic heterocycles. The second-order valence-electron chi connectivity index (χ2n) is 23.8. The Bertz CT molecular complexity index is 3550. The lowest BCUT2D eigenvalue weighted by Crippen LogP contribution is -2.70. The van der Waals surface area contributed by atoms with Crippen LogP contribution in [0.1, 0.15) is 72.3 Å². The number of quaternary nitrogens is 2. The zero-order valence-electron chi connectivity index (χ0n) is 52.0. The molecular weight excluding hydrogens is 1320 g/mol. The average molecular weight is 1390 g/mol. The van der Waals surface area contributed by atoms with E-state index in [1.165, 1.54) is 47.5 Å². The van der Waals surface area contributed by atoms with E-state index in [-0.39, 0.29) is 37.6 Å². The molecule has 7 nitrogen and oxygen atoms in total. The van der Waals surface area contributed by atoms with Crippen LogP contribution in [-0.4, -0.2) is 98.1 Å². The number of hydrogen-bond acceptors (Lipinski definition) is 5. The van der Waals surface area contributed by atoms with E-state index in [0.29, 0.717) is 79.9 Å². The van der Waals surface area contributed by atoms with E-state index in [9.17, 15) is 31.5 Å². The Balaban J connectivity index is 0.000000164. The van der Waals surface area contributed by atoms with Crippen LogP contribution >= 0.6 is 69.6 Å². The summed E-state index contributed by atoms with van der Waals surface area (Å²) in [6.07, 6.45) is 0. The quantitative estimate of drug-likeness (QED) is 0.0370. The Labute approximate surface area is 572 Å². The second-order valence-corrected chi connectivity index (χ2v) is 26.5. The Kier molecular flexibility index (Phi) is 23.6. The Hall–Kier alpha value is -6.46. The van der Waals surface area contributed by atoms with Crippen LogP contribution in [0.5, 0.6) is 0 Å². The van der Waals surface area contributed by atoms with E-state index >= 15 is 0 Å². The number of hydroxylamine groups is 3. The highest BCUT2D eigenvalue weighted by atomic mass is 35.5. The van der Waals surface area contributed by atoms with Crippen molar-refractivity contribution in [1.29, 1.82) is 0 Å². The predicted molar refractivity (Wildman–Crippen MR) is 371 cm³/mol. The molecule has 0 aromatic heterocycles. The summed E-state index contributed by atoms with van der Waals surface area (Å²) in [5.74, 6) is -3.47. The molecule has 93 heavy (non-hydrogen) atoms. The molecule has 0 saturated carbocycles. The number of benzene rings is 9. The molecule has 9 aromatic rings. The first-order valence-electron chi connectivity index (χ1n) is 30.4. The molecule has 488 valence electrons. The molecule has 3 fully saturated rings. The van der Waals surface area contributed by atoms with E-state index in [0.717, 1.165) is 71.1 Å². The molecule has 3 aliphatic rings. The normalized spacial score (nSPS) is 18.5. The Morgan fingerprint density at radius 2 is 0.613 bits per heavy atom. The summed E-state index contributed by atoms with van der Waals surface area (Å²) in [7, 11) is 2.23. The van der Waals surface area contributed by atoms with Crippen molar-refractivity contribution in [1.82, 2.24) is 4.90 Å². The minimum absolute atomic E-state index is 0. The van der Waals surface area contributed by atoms with Crippen LogP contribution in [0.3, 0.4) is 0 Å². The van der Waals surface area contributed by atoms with Crippen molar-refractivity contribution in [2.75, 3.05) is 80.7 Å². The van der Waals surface area contributed by atoms with E-state index in [1.54, 1.807) is 24.3 Å². The molecule has 0 spiro atoms. The van der Waals surface area contributed by atoms with Gasteiger partial charge >= 0.3 is 0 Å². The molecule has 0 N–H and O–H groups in total. The number of nitrogens with zero attached hydrogens (tertiary/aromatic N) is 6.